The monoisotopic (exact) mass is 302 g/mol. The molecule has 2 rings (SSSR count). The molecule has 0 aromatic heterocycles. The molecule has 3 nitrogen and oxygen atoms in total. The second-order valence-corrected chi connectivity index (χ2v) is 6.64. The SMILES string of the molecule is CNCCCC(=O)NCC1(c2ccccc2C)CCCCC1. The number of hydrogen-bond acceptors (Lipinski definition) is 2. The topological polar surface area (TPSA) is 41.1 Å². The molecule has 1 amide bonds. The van der Waals surface area contributed by atoms with Gasteiger partial charge in [0.25, 0.3) is 0 Å². The Bertz CT molecular complexity index is 478. The molecule has 0 aliphatic heterocycles. The van der Waals surface area contributed by atoms with Gasteiger partial charge in [0.1, 0.15) is 0 Å². The Morgan fingerprint density at radius 2 is 1.91 bits per heavy atom. The summed E-state index contributed by atoms with van der Waals surface area (Å²) in [5, 5.41) is 6.30. The minimum Gasteiger partial charge on any atom is -0.355 e. The van der Waals surface area contributed by atoms with Crippen LogP contribution in [-0.2, 0) is 10.2 Å². The normalized spacial score (nSPS) is 17.2. The highest BCUT2D eigenvalue weighted by atomic mass is 16.1. The van der Waals surface area contributed by atoms with Crippen molar-refractivity contribution in [2.24, 2.45) is 0 Å². The summed E-state index contributed by atoms with van der Waals surface area (Å²) in [7, 11) is 1.92. The highest BCUT2D eigenvalue weighted by Crippen LogP contribution is 2.40. The van der Waals surface area contributed by atoms with Gasteiger partial charge in [0.05, 0.1) is 0 Å². The van der Waals surface area contributed by atoms with Crippen LogP contribution >= 0.6 is 0 Å². The summed E-state index contributed by atoms with van der Waals surface area (Å²) in [5.41, 5.74) is 2.93. The van der Waals surface area contributed by atoms with Crippen molar-refractivity contribution >= 4 is 5.91 Å². The summed E-state index contributed by atoms with van der Waals surface area (Å²) in [6, 6.07) is 8.69. The second-order valence-electron chi connectivity index (χ2n) is 6.64. The van der Waals surface area contributed by atoms with E-state index in [-0.39, 0.29) is 11.3 Å². The number of carbonyl (C=O) groups excluding carboxylic acids is 1. The zero-order chi connectivity index (χ0) is 15.8. The fourth-order valence-electron chi connectivity index (χ4n) is 3.72. The zero-order valence-corrected chi connectivity index (χ0v) is 14.1. The van der Waals surface area contributed by atoms with Crippen LogP contribution in [0.25, 0.3) is 0 Å². The molecule has 1 aromatic carbocycles. The number of benzene rings is 1. The molecule has 1 aliphatic rings. The van der Waals surface area contributed by atoms with E-state index in [9.17, 15) is 4.79 Å². The smallest absolute Gasteiger partial charge is 0.220 e. The standard InChI is InChI=1S/C19H30N2O/c1-16-9-4-5-10-17(16)19(12-6-3-7-13-19)15-21-18(22)11-8-14-20-2/h4-5,9-10,20H,3,6-8,11-15H2,1-2H3,(H,21,22). The van der Waals surface area contributed by atoms with E-state index in [2.05, 4.69) is 41.8 Å². The van der Waals surface area contributed by atoms with Crippen molar-refractivity contribution in [3.8, 4) is 0 Å². The third-order valence-electron chi connectivity index (χ3n) is 4.98. The van der Waals surface area contributed by atoms with Crippen LogP contribution in [0.1, 0.15) is 56.1 Å². The van der Waals surface area contributed by atoms with E-state index in [1.807, 2.05) is 7.05 Å². The zero-order valence-electron chi connectivity index (χ0n) is 14.1. The highest BCUT2D eigenvalue weighted by molar-refractivity contribution is 5.76. The predicted octanol–water partition coefficient (Wildman–Crippen LogP) is 3.31. The van der Waals surface area contributed by atoms with Crippen molar-refractivity contribution in [3.05, 3.63) is 35.4 Å². The molecule has 0 radical (unpaired) electrons. The Kier molecular flexibility index (Phi) is 6.44. The molecule has 3 heteroatoms. The van der Waals surface area contributed by atoms with Crippen molar-refractivity contribution in [2.75, 3.05) is 20.1 Å². The van der Waals surface area contributed by atoms with E-state index < -0.39 is 0 Å². The number of aryl methyl sites for hydroxylation is 1. The molecule has 1 aliphatic carbocycles. The fraction of sp³-hybridized carbons (Fsp3) is 0.632. The van der Waals surface area contributed by atoms with E-state index >= 15 is 0 Å². The Morgan fingerprint density at radius 1 is 1.18 bits per heavy atom. The maximum Gasteiger partial charge on any atom is 0.220 e. The molecule has 1 fully saturated rings. The third-order valence-corrected chi connectivity index (χ3v) is 4.98. The number of carbonyl (C=O) groups is 1. The van der Waals surface area contributed by atoms with Crippen LogP contribution in [0, 0.1) is 6.92 Å². The van der Waals surface area contributed by atoms with Crippen LogP contribution in [0.2, 0.25) is 0 Å². The van der Waals surface area contributed by atoms with Gasteiger partial charge in [-0.15, -0.1) is 0 Å². The Morgan fingerprint density at radius 3 is 2.59 bits per heavy atom. The first kappa shape index (κ1) is 17.0. The van der Waals surface area contributed by atoms with Gasteiger partial charge < -0.3 is 10.6 Å². The van der Waals surface area contributed by atoms with Gasteiger partial charge in [-0.1, -0.05) is 43.5 Å². The maximum absolute atomic E-state index is 12.1. The molecule has 22 heavy (non-hydrogen) atoms. The maximum atomic E-state index is 12.1. The summed E-state index contributed by atoms with van der Waals surface area (Å²) in [6.07, 6.45) is 7.76. The van der Waals surface area contributed by atoms with Crippen LogP contribution in [0.3, 0.4) is 0 Å². The first-order chi connectivity index (χ1) is 10.7. The average Bonchev–Trinajstić information content (AvgIpc) is 2.54. The molecule has 2 N–H and O–H groups in total. The summed E-state index contributed by atoms with van der Waals surface area (Å²) < 4.78 is 0. The minimum absolute atomic E-state index is 0.141. The van der Waals surface area contributed by atoms with Gasteiger partial charge in [-0.25, -0.2) is 0 Å². The van der Waals surface area contributed by atoms with Gasteiger partial charge in [-0.3, -0.25) is 4.79 Å². The van der Waals surface area contributed by atoms with Crippen LogP contribution in [-0.4, -0.2) is 26.0 Å². The van der Waals surface area contributed by atoms with Crippen molar-refractivity contribution in [1.82, 2.24) is 10.6 Å². The van der Waals surface area contributed by atoms with E-state index in [4.69, 9.17) is 0 Å². The summed E-state index contributed by atoms with van der Waals surface area (Å²) >= 11 is 0. The van der Waals surface area contributed by atoms with Gasteiger partial charge in [0.15, 0.2) is 0 Å². The van der Waals surface area contributed by atoms with Crippen LogP contribution in [0.4, 0.5) is 0 Å². The Hall–Kier alpha value is -1.35. The Labute approximate surface area is 134 Å². The lowest BCUT2D eigenvalue weighted by molar-refractivity contribution is -0.121. The summed E-state index contributed by atoms with van der Waals surface area (Å²) in [5.74, 6) is 0.189. The largest absolute Gasteiger partial charge is 0.355 e. The molecule has 0 bridgehead atoms. The lowest BCUT2D eigenvalue weighted by atomic mass is 9.68. The van der Waals surface area contributed by atoms with Gasteiger partial charge in [0.2, 0.25) is 5.91 Å². The predicted molar refractivity (Wildman–Crippen MR) is 92.1 cm³/mol. The van der Waals surface area contributed by atoms with Crippen molar-refractivity contribution in [3.63, 3.8) is 0 Å². The fourth-order valence-corrected chi connectivity index (χ4v) is 3.72. The number of hydrogen-bond donors (Lipinski definition) is 2. The molecule has 0 spiro atoms. The second kappa shape index (κ2) is 8.33. The molecular weight excluding hydrogens is 272 g/mol. The van der Waals surface area contributed by atoms with E-state index in [1.54, 1.807) is 0 Å². The van der Waals surface area contributed by atoms with Gasteiger partial charge in [0, 0.05) is 18.4 Å². The van der Waals surface area contributed by atoms with E-state index in [0.29, 0.717) is 6.42 Å². The molecular formula is C19H30N2O. The highest BCUT2D eigenvalue weighted by Gasteiger charge is 2.35. The van der Waals surface area contributed by atoms with Crippen LogP contribution < -0.4 is 10.6 Å². The molecule has 122 valence electrons. The van der Waals surface area contributed by atoms with Gasteiger partial charge in [-0.2, -0.15) is 0 Å². The molecule has 1 aromatic rings. The van der Waals surface area contributed by atoms with E-state index in [0.717, 1.165) is 19.5 Å². The molecule has 0 heterocycles. The van der Waals surface area contributed by atoms with Crippen molar-refractivity contribution < 1.29 is 4.79 Å². The lowest BCUT2D eigenvalue weighted by Crippen LogP contribution is -2.42. The number of nitrogens with one attached hydrogen (secondary N) is 2. The van der Waals surface area contributed by atoms with Crippen LogP contribution in [0.15, 0.2) is 24.3 Å². The summed E-state index contributed by atoms with van der Waals surface area (Å²) in [6.45, 7) is 3.88. The minimum atomic E-state index is 0.141. The number of amides is 1. The molecule has 0 atom stereocenters. The van der Waals surface area contributed by atoms with E-state index in [1.165, 1.54) is 43.2 Å². The lowest BCUT2D eigenvalue weighted by Gasteiger charge is -2.39. The summed E-state index contributed by atoms with van der Waals surface area (Å²) in [4.78, 5) is 12.1. The first-order valence-corrected chi connectivity index (χ1v) is 8.65. The molecule has 1 saturated carbocycles. The molecule has 0 unspecified atom stereocenters. The third kappa shape index (κ3) is 4.33. The van der Waals surface area contributed by atoms with Crippen molar-refractivity contribution in [2.45, 2.75) is 57.3 Å². The first-order valence-electron chi connectivity index (χ1n) is 8.65. The Balaban J connectivity index is 2.04. The quantitative estimate of drug-likeness (QED) is 0.759. The average molecular weight is 302 g/mol. The van der Waals surface area contributed by atoms with Gasteiger partial charge >= 0.3 is 0 Å². The molecule has 0 saturated heterocycles. The van der Waals surface area contributed by atoms with Crippen molar-refractivity contribution in [1.29, 1.82) is 0 Å². The van der Waals surface area contributed by atoms with Gasteiger partial charge in [-0.05, 0) is 50.9 Å². The van der Waals surface area contributed by atoms with Crippen LogP contribution in [0.5, 0.6) is 0 Å². The number of rotatable bonds is 7.